The number of hydrogen-bond acceptors (Lipinski definition) is 6. The highest BCUT2D eigenvalue weighted by molar-refractivity contribution is 5.82. The Balaban J connectivity index is 2.02. The standard InChI is InChI=1S/C21H33F3N2O6/c1-20(2,3)32-19(29)26-11-14(25(4)18(28)21(22,23)24)10-15(26)12-31-16-8-6-13(7-9-16)17(27)30-5/h13-16H,6-12H2,1-5H3/t13?,14-,15-,16?/m0/s1. The molecule has 0 N–H and O–H groups in total. The van der Waals surface area contributed by atoms with E-state index in [1.165, 1.54) is 12.0 Å². The molecule has 32 heavy (non-hydrogen) atoms. The lowest BCUT2D eigenvalue weighted by Crippen LogP contribution is -2.46. The second-order valence-electron chi connectivity index (χ2n) is 9.42. The molecule has 2 fully saturated rings. The van der Waals surface area contributed by atoms with Crippen molar-refractivity contribution >= 4 is 18.0 Å². The van der Waals surface area contributed by atoms with E-state index >= 15 is 0 Å². The quantitative estimate of drug-likeness (QED) is 0.579. The van der Waals surface area contributed by atoms with Crippen molar-refractivity contribution in [3.05, 3.63) is 0 Å². The van der Waals surface area contributed by atoms with Crippen LogP contribution >= 0.6 is 0 Å². The van der Waals surface area contributed by atoms with Gasteiger partial charge in [0.05, 0.1) is 37.8 Å². The van der Waals surface area contributed by atoms with Crippen molar-refractivity contribution in [2.24, 2.45) is 5.92 Å². The highest BCUT2D eigenvalue weighted by Crippen LogP contribution is 2.30. The molecule has 0 bridgehead atoms. The van der Waals surface area contributed by atoms with E-state index in [0.717, 1.165) is 7.05 Å². The number of rotatable bonds is 5. The van der Waals surface area contributed by atoms with Crippen LogP contribution in [0.25, 0.3) is 0 Å². The molecule has 0 radical (unpaired) electrons. The van der Waals surface area contributed by atoms with Gasteiger partial charge in [-0.15, -0.1) is 0 Å². The number of halogens is 3. The monoisotopic (exact) mass is 466 g/mol. The summed E-state index contributed by atoms with van der Waals surface area (Å²) in [7, 11) is 2.44. The number of nitrogens with zero attached hydrogens (tertiary/aromatic N) is 2. The Morgan fingerprint density at radius 2 is 1.66 bits per heavy atom. The Kier molecular flexibility index (Phi) is 8.41. The smallest absolute Gasteiger partial charge is 0.469 e. The van der Waals surface area contributed by atoms with Gasteiger partial charge in [0.25, 0.3) is 0 Å². The third kappa shape index (κ3) is 6.98. The molecule has 11 heteroatoms. The lowest BCUT2D eigenvalue weighted by atomic mass is 9.87. The molecule has 1 saturated carbocycles. The van der Waals surface area contributed by atoms with E-state index in [1.807, 2.05) is 0 Å². The first-order chi connectivity index (χ1) is 14.7. The van der Waals surface area contributed by atoms with Gasteiger partial charge in [-0.25, -0.2) is 4.79 Å². The maximum atomic E-state index is 12.9. The molecule has 1 heterocycles. The zero-order valence-corrected chi connectivity index (χ0v) is 19.2. The van der Waals surface area contributed by atoms with Crippen molar-refractivity contribution in [3.63, 3.8) is 0 Å². The number of amides is 2. The summed E-state index contributed by atoms with van der Waals surface area (Å²) in [6, 6.07) is -1.34. The second kappa shape index (κ2) is 10.3. The maximum absolute atomic E-state index is 12.9. The predicted octanol–water partition coefficient (Wildman–Crippen LogP) is 3.13. The van der Waals surface area contributed by atoms with Crippen molar-refractivity contribution in [3.8, 4) is 0 Å². The van der Waals surface area contributed by atoms with Crippen molar-refractivity contribution in [2.75, 3.05) is 27.3 Å². The third-order valence-corrected chi connectivity index (χ3v) is 5.86. The Labute approximate surface area is 186 Å². The van der Waals surface area contributed by atoms with Crippen LogP contribution in [0.2, 0.25) is 0 Å². The van der Waals surface area contributed by atoms with Gasteiger partial charge in [-0.2, -0.15) is 13.2 Å². The number of likely N-dealkylation sites (tertiary alicyclic amines) is 1. The largest absolute Gasteiger partial charge is 0.471 e. The van der Waals surface area contributed by atoms with Crippen molar-refractivity contribution < 1.29 is 41.8 Å². The van der Waals surface area contributed by atoms with Crippen LogP contribution in [-0.2, 0) is 23.8 Å². The number of carbonyl (C=O) groups excluding carboxylic acids is 3. The van der Waals surface area contributed by atoms with E-state index in [0.29, 0.717) is 30.6 Å². The minimum Gasteiger partial charge on any atom is -0.469 e. The molecular formula is C21H33F3N2O6. The summed E-state index contributed by atoms with van der Waals surface area (Å²) >= 11 is 0. The fourth-order valence-electron chi connectivity index (χ4n) is 4.12. The summed E-state index contributed by atoms with van der Waals surface area (Å²) in [4.78, 5) is 38.0. The number of esters is 1. The maximum Gasteiger partial charge on any atom is 0.471 e. The fraction of sp³-hybridized carbons (Fsp3) is 0.857. The van der Waals surface area contributed by atoms with Crippen LogP contribution in [0.1, 0.15) is 52.9 Å². The van der Waals surface area contributed by atoms with Crippen molar-refractivity contribution in [2.45, 2.75) is 82.8 Å². The molecule has 2 atom stereocenters. The minimum absolute atomic E-state index is 0.0731. The molecule has 2 amide bonds. The van der Waals surface area contributed by atoms with E-state index in [9.17, 15) is 27.6 Å². The normalized spacial score (nSPS) is 26.6. The summed E-state index contributed by atoms with van der Waals surface area (Å²) in [5.74, 6) is -2.35. The van der Waals surface area contributed by atoms with Crippen LogP contribution in [0.3, 0.4) is 0 Å². The number of alkyl halides is 3. The molecule has 1 aliphatic carbocycles. The van der Waals surface area contributed by atoms with E-state index in [1.54, 1.807) is 20.8 Å². The van der Waals surface area contributed by atoms with Crippen molar-refractivity contribution in [1.82, 2.24) is 9.80 Å². The van der Waals surface area contributed by atoms with Gasteiger partial charge < -0.3 is 24.0 Å². The number of carbonyl (C=O) groups is 3. The average molecular weight is 466 g/mol. The highest BCUT2D eigenvalue weighted by atomic mass is 19.4. The summed E-state index contributed by atoms with van der Waals surface area (Å²) in [6.45, 7) is 5.13. The third-order valence-electron chi connectivity index (χ3n) is 5.86. The molecule has 8 nitrogen and oxygen atoms in total. The van der Waals surface area contributed by atoms with Crippen LogP contribution in [0, 0.1) is 5.92 Å². The number of methoxy groups -OCH3 is 1. The van der Waals surface area contributed by atoms with Gasteiger partial charge in [-0.3, -0.25) is 9.59 Å². The zero-order chi connectivity index (χ0) is 24.3. The van der Waals surface area contributed by atoms with Crippen LogP contribution in [0.5, 0.6) is 0 Å². The summed E-state index contributed by atoms with van der Waals surface area (Å²) < 4.78 is 54.8. The van der Waals surface area contributed by atoms with E-state index < -0.39 is 35.9 Å². The van der Waals surface area contributed by atoms with Gasteiger partial charge in [0, 0.05) is 13.6 Å². The van der Waals surface area contributed by atoms with E-state index in [2.05, 4.69) is 0 Å². The van der Waals surface area contributed by atoms with Gasteiger partial charge in [-0.1, -0.05) is 0 Å². The Bertz CT molecular complexity index is 686. The van der Waals surface area contributed by atoms with Crippen LogP contribution in [-0.4, -0.2) is 85.0 Å². The van der Waals surface area contributed by atoms with E-state index in [-0.39, 0.29) is 37.6 Å². The Hall–Kier alpha value is -2.04. The van der Waals surface area contributed by atoms with Crippen LogP contribution in [0.15, 0.2) is 0 Å². The lowest BCUT2D eigenvalue weighted by Gasteiger charge is -2.31. The van der Waals surface area contributed by atoms with Gasteiger partial charge in [0.2, 0.25) is 0 Å². The molecule has 1 aliphatic heterocycles. The molecule has 0 spiro atoms. The highest BCUT2D eigenvalue weighted by Gasteiger charge is 2.47. The molecular weight excluding hydrogens is 433 g/mol. The van der Waals surface area contributed by atoms with Gasteiger partial charge in [-0.05, 0) is 52.9 Å². The molecule has 0 aromatic carbocycles. The summed E-state index contributed by atoms with van der Waals surface area (Å²) in [5.41, 5.74) is -0.777. The fourth-order valence-corrected chi connectivity index (χ4v) is 4.12. The molecule has 2 aliphatic rings. The summed E-state index contributed by atoms with van der Waals surface area (Å²) in [6.07, 6.45) is -3.07. The van der Waals surface area contributed by atoms with Gasteiger partial charge >= 0.3 is 24.1 Å². The summed E-state index contributed by atoms with van der Waals surface area (Å²) in [5, 5.41) is 0. The van der Waals surface area contributed by atoms with Crippen molar-refractivity contribution in [1.29, 1.82) is 0 Å². The molecule has 2 rings (SSSR count). The van der Waals surface area contributed by atoms with Gasteiger partial charge in [0.15, 0.2) is 0 Å². The molecule has 0 aromatic rings. The van der Waals surface area contributed by atoms with E-state index in [4.69, 9.17) is 14.2 Å². The zero-order valence-electron chi connectivity index (χ0n) is 19.2. The predicted molar refractivity (Wildman–Crippen MR) is 108 cm³/mol. The minimum atomic E-state index is -4.99. The first-order valence-corrected chi connectivity index (χ1v) is 10.8. The first-order valence-electron chi connectivity index (χ1n) is 10.8. The number of ether oxygens (including phenoxy) is 3. The molecule has 0 unspecified atom stereocenters. The molecule has 0 aromatic heterocycles. The number of hydrogen-bond donors (Lipinski definition) is 0. The molecule has 184 valence electrons. The van der Waals surface area contributed by atoms with Crippen LogP contribution < -0.4 is 0 Å². The first kappa shape index (κ1) is 26.2. The molecule has 1 saturated heterocycles. The van der Waals surface area contributed by atoms with Gasteiger partial charge in [0.1, 0.15) is 5.60 Å². The topological polar surface area (TPSA) is 85.4 Å². The lowest BCUT2D eigenvalue weighted by molar-refractivity contribution is -0.186. The second-order valence-corrected chi connectivity index (χ2v) is 9.42. The average Bonchev–Trinajstić information content (AvgIpc) is 3.13. The Morgan fingerprint density at radius 3 is 2.16 bits per heavy atom. The van der Waals surface area contributed by atoms with Crippen LogP contribution in [0.4, 0.5) is 18.0 Å². The SMILES string of the molecule is COC(=O)C1CCC(OC[C@@H]2C[C@H](N(C)C(=O)C(F)(F)F)CN2C(=O)OC(C)(C)C)CC1. The Morgan fingerprint density at radius 1 is 1.06 bits per heavy atom. The number of likely N-dealkylation sites (N-methyl/N-ethyl adjacent to an activating group) is 1.